The zero-order valence-corrected chi connectivity index (χ0v) is 12.1. The number of aromatic hydroxyl groups is 1. The summed E-state index contributed by atoms with van der Waals surface area (Å²) in [6, 6.07) is 5.51. The first-order chi connectivity index (χ1) is 9.58. The lowest BCUT2D eigenvalue weighted by molar-refractivity contribution is -0.667. The Morgan fingerprint density at radius 2 is 2.35 bits per heavy atom. The fourth-order valence-electron chi connectivity index (χ4n) is 2.18. The fraction of sp³-hybridized carbons (Fsp3) is 0.154. The number of nitrogens with zero attached hydrogens (tertiary/aromatic N) is 3. The van der Waals surface area contributed by atoms with Crippen LogP contribution in [0.3, 0.4) is 0 Å². The molecular formula is C13H11ClN3O2S+. The number of imidazole rings is 1. The van der Waals surface area contributed by atoms with E-state index in [2.05, 4.69) is 4.98 Å². The number of halogens is 1. The van der Waals surface area contributed by atoms with Crippen LogP contribution in [-0.2, 0) is 6.54 Å². The van der Waals surface area contributed by atoms with Crippen LogP contribution in [0.2, 0.25) is 4.47 Å². The molecule has 0 aliphatic heterocycles. The Labute approximate surface area is 123 Å². The van der Waals surface area contributed by atoms with E-state index in [0.29, 0.717) is 11.0 Å². The summed E-state index contributed by atoms with van der Waals surface area (Å²) in [5.74, 6) is -0.238. The van der Waals surface area contributed by atoms with Crippen LogP contribution in [0.4, 0.5) is 0 Å². The zero-order valence-electron chi connectivity index (χ0n) is 10.6. The normalized spacial score (nSPS) is 11.1. The Morgan fingerprint density at radius 1 is 1.55 bits per heavy atom. The summed E-state index contributed by atoms with van der Waals surface area (Å²) >= 11 is 7.16. The maximum absolute atomic E-state index is 11.7. The van der Waals surface area contributed by atoms with Crippen molar-refractivity contribution in [3.63, 3.8) is 0 Å². The third-order valence-corrected chi connectivity index (χ3v) is 4.10. The molecule has 3 aromatic rings. The lowest BCUT2D eigenvalue weighted by Gasteiger charge is -1.95. The van der Waals surface area contributed by atoms with Crippen LogP contribution in [-0.4, -0.2) is 20.3 Å². The SMILES string of the molecule is CC(=O)c1c(O)[n+](Cc2cnc(Cl)s2)c2ccccn12. The number of fused-ring (bicyclic) bond motifs is 1. The van der Waals surface area contributed by atoms with E-state index in [1.165, 1.54) is 18.3 Å². The minimum absolute atomic E-state index is 0.0479. The first-order valence-corrected chi connectivity index (χ1v) is 7.10. The molecule has 3 aromatic heterocycles. The number of ketones is 1. The predicted molar refractivity (Wildman–Crippen MR) is 75.5 cm³/mol. The smallest absolute Gasteiger partial charge is 0.335 e. The molecule has 0 aliphatic carbocycles. The van der Waals surface area contributed by atoms with Crippen LogP contribution in [0.1, 0.15) is 22.3 Å². The van der Waals surface area contributed by atoms with Gasteiger partial charge in [0, 0.05) is 19.2 Å². The Morgan fingerprint density at radius 3 is 3.00 bits per heavy atom. The molecule has 3 rings (SSSR count). The molecule has 5 nitrogen and oxygen atoms in total. The number of Topliss-reactive ketones (excluding diaryl/α,β-unsaturated/α-hetero) is 1. The Balaban J connectivity index is 2.19. The molecule has 20 heavy (non-hydrogen) atoms. The first-order valence-electron chi connectivity index (χ1n) is 5.91. The highest BCUT2D eigenvalue weighted by Crippen LogP contribution is 2.21. The summed E-state index contributed by atoms with van der Waals surface area (Å²) in [4.78, 5) is 16.6. The number of rotatable bonds is 3. The van der Waals surface area contributed by atoms with E-state index >= 15 is 0 Å². The van der Waals surface area contributed by atoms with Gasteiger partial charge >= 0.3 is 5.88 Å². The van der Waals surface area contributed by atoms with Gasteiger partial charge in [-0.1, -0.05) is 17.7 Å². The minimum Gasteiger partial charge on any atom is -0.475 e. The van der Waals surface area contributed by atoms with Crippen molar-refractivity contribution < 1.29 is 14.5 Å². The van der Waals surface area contributed by atoms with Gasteiger partial charge in [0.2, 0.25) is 5.78 Å². The van der Waals surface area contributed by atoms with Crippen LogP contribution in [0.15, 0.2) is 30.6 Å². The molecular weight excluding hydrogens is 298 g/mol. The standard InChI is InChI=1S/C13H10ClN3O2S/c1-8(18)11-12(19)17(7-9-6-15-13(14)20-9)10-4-2-3-5-16(10)11/h2-6H,7H2,1H3/p+1. The van der Waals surface area contributed by atoms with E-state index in [0.717, 1.165) is 10.5 Å². The third kappa shape index (κ3) is 2.07. The van der Waals surface area contributed by atoms with Crippen LogP contribution >= 0.6 is 22.9 Å². The summed E-state index contributed by atoms with van der Waals surface area (Å²) in [7, 11) is 0. The molecule has 0 amide bonds. The number of carbonyl (C=O) groups is 1. The van der Waals surface area contributed by atoms with Crippen molar-refractivity contribution in [3.05, 3.63) is 45.6 Å². The first kappa shape index (κ1) is 13.1. The summed E-state index contributed by atoms with van der Waals surface area (Å²) in [6.07, 6.45) is 3.42. The maximum Gasteiger partial charge on any atom is 0.335 e. The summed E-state index contributed by atoms with van der Waals surface area (Å²) < 4.78 is 3.80. The topological polar surface area (TPSA) is 58.5 Å². The van der Waals surface area contributed by atoms with Gasteiger partial charge in [0.1, 0.15) is 6.54 Å². The third-order valence-electron chi connectivity index (χ3n) is 3.00. The van der Waals surface area contributed by atoms with Crippen molar-refractivity contribution in [1.82, 2.24) is 9.38 Å². The van der Waals surface area contributed by atoms with E-state index in [1.807, 2.05) is 18.2 Å². The number of pyridine rings is 1. The number of hydrogen-bond donors (Lipinski definition) is 1. The minimum atomic E-state index is -0.190. The molecule has 0 aliphatic rings. The Kier molecular flexibility index (Phi) is 3.19. The summed E-state index contributed by atoms with van der Waals surface area (Å²) in [5, 5.41) is 10.3. The van der Waals surface area contributed by atoms with Gasteiger partial charge in [-0.05, 0) is 6.07 Å². The molecule has 0 spiro atoms. The van der Waals surface area contributed by atoms with Crippen molar-refractivity contribution >= 4 is 34.4 Å². The maximum atomic E-state index is 11.7. The van der Waals surface area contributed by atoms with E-state index < -0.39 is 0 Å². The Bertz CT molecular complexity index is 809. The van der Waals surface area contributed by atoms with E-state index in [4.69, 9.17) is 11.6 Å². The van der Waals surface area contributed by atoms with Gasteiger partial charge in [-0.2, -0.15) is 8.97 Å². The van der Waals surface area contributed by atoms with Gasteiger partial charge < -0.3 is 5.11 Å². The highest BCUT2D eigenvalue weighted by Gasteiger charge is 2.28. The molecule has 3 heterocycles. The van der Waals surface area contributed by atoms with Crippen molar-refractivity contribution in [2.75, 3.05) is 0 Å². The number of carbonyl (C=O) groups excluding carboxylic acids is 1. The van der Waals surface area contributed by atoms with Gasteiger partial charge in [-0.15, -0.1) is 11.3 Å². The number of thiazole rings is 1. The zero-order chi connectivity index (χ0) is 14.3. The lowest BCUT2D eigenvalue weighted by atomic mass is 10.3. The highest BCUT2D eigenvalue weighted by molar-refractivity contribution is 7.15. The van der Waals surface area contributed by atoms with Gasteiger partial charge in [0.05, 0.1) is 11.1 Å². The molecule has 0 aromatic carbocycles. The molecule has 0 saturated carbocycles. The average Bonchev–Trinajstić information content (AvgIpc) is 2.93. The van der Waals surface area contributed by atoms with Crippen molar-refractivity contribution in [1.29, 1.82) is 0 Å². The molecule has 0 saturated heterocycles. The lowest BCUT2D eigenvalue weighted by Crippen LogP contribution is -2.33. The second-order valence-electron chi connectivity index (χ2n) is 4.32. The number of aromatic nitrogens is 3. The molecule has 0 fully saturated rings. The summed E-state index contributed by atoms with van der Waals surface area (Å²) in [5.41, 5.74) is 1.01. The predicted octanol–water partition coefficient (Wildman–Crippen LogP) is 2.29. The second kappa shape index (κ2) is 4.88. The molecule has 1 N–H and O–H groups in total. The van der Waals surface area contributed by atoms with E-state index in [1.54, 1.807) is 21.4 Å². The largest absolute Gasteiger partial charge is 0.475 e. The van der Waals surface area contributed by atoms with Crippen LogP contribution in [0.5, 0.6) is 5.88 Å². The van der Waals surface area contributed by atoms with Crippen molar-refractivity contribution in [2.24, 2.45) is 0 Å². The highest BCUT2D eigenvalue weighted by atomic mass is 35.5. The average molecular weight is 309 g/mol. The molecule has 102 valence electrons. The van der Waals surface area contributed by atoms with Crippen molar-refractivity contribution in [2.45, 2.75) is 13.5 Å². The van der Waals surface area contributed by atoms with Gasteiger partial charge in [-0.25, -0.2) is 4.98 Å². The number of hydrogen-bond acceptors (Lipinski definition) is 4. The Hall–Kier alpha value is -1.92. The van der Waals surface area contributed by atoms with Crippen molar-refractivity contribution in [3.8, 4) is 5.88 Å². The van der Waals surface area contributed by atoms with Crippen LogP contribution in [0.25, 0.3) is 5.65 Å². The quantitative estimate of drug-likeness (QED) is 0.596. The monoisotopic (exact) mass is 308 g/mol. The summed E-state index contributed by atoms with van der Waals surface area (Å²) in [6.45, 7) is 1.85. The fourth-order valence-corrected chi connectivity index (χ4v) is 3.15. The molecule has 0 radical (unpaired) electrons. The van der Waals surface area contributed by atoms with E-state index in [9.17, 15) is 9.90 Å². The van der Waals surface area contributed by atoms with E-state index in [-0.39, 0.29) is 17.4 Å². The van der Waals surface area contributed by atoms with Crippen LogP contribution < -0.4 is 4.57 Å². The second-order valence-corrected chi connectivity index (χ2v) is 6.02. The molecule has 0 unspecified atom stereocenters. The molecule has 0 bridgehead atoms. The van der Waals surface area contributed by atoms with Gasteiger partial charge in [-0.3, -0.25) is 4.79 Å². The van der Waals surface area contributed by atoms with Gasteiger partial charge in [0.15, 0.2) is 4.47 Å². The van der Waals surface area contributed by atoms with Crippen LogP contribution in [0, 0.1) is 0 Å². The molecule has 7 heteroatoms. The van der Waals surface area contributed by atoms with Gasteiger partial charge in [0.25, 0.3) is 11.3 Å². The molecule has 0 atom stereocenters.